The van der Waals surface area contributed by atoms with E-state index in [1.54, 1.807) is 0 Å². The largest absolute Gasteiger partial charge is 0.507 e. The number of aromatic hydroxyl groups is 2. The predicted molar refractivity (Wildman–Crippen MR) is 132 cm³/mol. The summed E-state index contributed by atoms with van der Waals surface area (Å²) in [6, 6.07) is 2.05. The molecule has 1 aliphatic carbocycles. The summed E-state index contributed by atoms with van der Waals surface area (Å²) in [4.78, 5) is 73.8. The van der Waals surface area contributed by atoms with Crippen LogP contribution in [0.1, 0.15) is 48.4 Å². The number of ether oxygens (including phenoxy) is 6. The van der Waals surface area contributed by atoms with Crippen molar-refractivity contribution in [3.8, 4) is 11.5 Å². The van der Waals surface area contributed by atoms with Crippen LogP contribution in [-0.4, -0.2) is 89.2 Å². The first-order valence-electron chi connectivity index (χ1n) is 11.7. The Bertz CT molecular complexity index is 1280. The van der Waals surface area contributed by atoms with Gasteiger partial charge in [0.25, 0.3) is 0 Å². The molecule has 40 heavy (non-hydrogen) atoms. The lowest BCUT2D eigenvalue weighted by Crippen LogP contribution is -2.61. The van der Waals surface area contributed by atoms with Crippen LogP contribution < -0.4 is 0 Å². The molecule has 216 valence electrons. The number of benzene rings is 1. The fourth-order valence-corrected chi connectivity index (χ4v) is 5.43. The molecule has 0 radical (unpaired) electrons. The third kappa shape index (κ3) is 6.37. The summed E-state index contributed by atoms with van der Waals surface area (Å²) in [5, 5.41) is 20.5. The molecule has 1 fully saturated rings. The summed E-state index contributed by atoms with van der Waals surface area (Å²) in [5.41, 5.74) is -2.43. The maximum absolute atomic E-state index is 13.5. The van der Waals surface area contributed by atoms with Gasteiger partial charge in [0.05, 0.1) is 18.2 Å². The Morgan fingerprint density at radius 2 is 1.30 bits per heavy atom. The van der Waals surface area contributed by atoms with Gasteiger partial charge in [-0.2, -0.15) is 0 Å². The Kier molecular flexibility index (Phi) is 9.42. The van der Waals surface area contributed by atoms with E-state index in [0.29, 0.717) is 11.8 Å². The number of methoxy groups -OCH3 is 1. The molecule has 0 saturated carbocycles. The number of allylic oxidation sites excluding steroid dienone is 2. The van der Waals surface area contributed by atoms with Crippen molar-refractivity contribution < 1.29 is 67.4 Å². The summed E-state index contributed by atoms with van der Waals surface area (Å²) in [5.74, 6) is -6.81. The summed E-state index contributed by atoms with van der Waals surface area (Å²) >= 11 is 0.524. The van der Waals surface area contributed by atoms with Crippen molar-refractivity contribution in [1.82, 2.24) is 0 Å². The van der Waals surface area contributed by atoms with Crippen molar-refractivity contribution in [2.75, 3.05) is 13.7 Å². The number of phenols is 2. The Labute approximate surface area is 231 Å². The van der Waals surface area contributed by atoms with E-state index in [1.165, 1.54) is 0 Å². The first-order chi connectivity index (χ1) is 18.8. The topological polar surface area (TPSA) is 198 Å². The highest BCUT2D eigenvalue weighted by atomic mass is 32.2. The van der Waals surface area contributed by atoms with Crippen LogP contribution in [0.3, 0.4) is 0 Å². The average Bonchev–Trinajstić information content (AvgIpc) is 2.85. The monoisotopic (exact) mass is 582 g/mol. The van der Waals surface area contributed by atoms with E-state index in [1.807, 2.05) is 0 Å². The number of fused-ring (bicyclic) bond motifs is 1. The molecule has 5 atom stereocenters. The third-order valence-corrected chi connectivity index (χ3v) is 6.84. The molecule has 1 heterocycles. The van der Waals surface area contributed by atoms with Crippen molar-refractivity contribution in [3.63, 3.8) is 0 Å². The second kappa shape index (κ2) is 12.4. The number of hydrogen-bond donors (Lipinski definition) is 2. The van der Waals surface area contributed by atoms with Gasteiger partial charge < -0.3 is 38.6 Å². The van der Waals surface area contributed by atoms with Gasteiger partial charge in [-0.15, -0.1) is 0 Å². The lowest BCUT2D eigenvalue weighted by Gasteiger charge is -2.44. The lowest BCUT2D eigenvalue weighted by atomic mass is 9.91. The van der Waals surface area contributed by atoms with Crippen LogP contribution in [0.5, 0.6) is 11.5 Å². The molecule has 0 aromatic heterocycles. The molecular weight excluding hydrogens is 556 g/mol. The molecule has 1 saturated heterocycles. The van der Waals surface area contributed by atoms with Gasteiger partial charge in [0.1, 0.15) is 34.6 Å². The summed E-state index contributed by atoms with van der Waals surface area (Å²) in [7, 11) is 1.10. The zero-order valence-electron chi connectivity index (χ0n) is 22.0. The summed E-state index contributed by atoms with van der Waals surface area (Å²) in [6.07, 6.45) is -5.77. The first-order valence-corrected chi connectivity index (χ1v) is 12.5. The van der Waals surface area contributed by atoms with Crippen LogP contribution in [-0.2, 0) is 47.6 Å². The van der Waals surface area contributed by atoms with Crippen LogP contribution in [0.15, 0.2) is 22.8 Å². The van der Waals surface area contributed by atoms with Crippen LogP contribution >= 0.6 is 11.8 Å². The maximum atomic E-state index is 13.5. The Hall–Kier alpha value is -4.11. The number of esters is 4. The fourth-order valence-electron chi connectivity index (χ4n) is 4.17. The fraction of sp³-hybridized carbons (Fsp3) is 0.440. The average molecular weight is 583 g/mol. The molecule has 0 spiro atoms. The van der Waals surface area contributed by atoms with E-state index in [4.69, 9.17) is 28.4 Å². The number of ketones is 2. The molecule has 14 nitrogen and oxygen atoms in total. The third-order valence-electron chi connectivity index (χ3n) is 5.62. The Balaban J connectivity index is 2.14. The molecule has 3 rings (SSSR count). The second-order valence-electron chi connectivity index (χ2n) is 8.56. The van der Waals surface area contributed by atoms with Gasteiger partial charge in [-0.05, 0) is 12.1 Å². The number of Topliss-reactive ketones (excluding diaryl/α,β-unsaturated/α-hetero) is 2. The zero-order valence-corrected chi connectivity index (χ0v) is 22.8. The molecule has 5 unspecified atom stereocenters. The summed E-state index contributed by atoms with van der Waals surface area (Å²) < 4.78 is 32.2. The minimum atomic E-state index is -1.53. The van der Waals surface area contributed by atoms with E-state index >= 15 is 0 Å². The van der Waals surface area contributed by atoms with Crippen LogP contribution in [0.2, 0.25) is 0 Å². The number of rotatable bonds is 8. The number of phenolic OH excluding ortho intramolecular Hbond substituents is 2. The minimum Gasteiger partial charge on any atom is -0.507 e. The van der Waals surface area contributed by atoms with Crippen molar-refractivity contribution >= 4 is 47.2 Å². The van der Waals surface area contributed by atoms with Gasteiger partial charge in [-0.25, -0.2) is 0 Å². The van der Waals surface area contributed by atoms with Crippen LogP contribution in [0, 0.1) is 0 Å². The van der Waals surface area contributed by atoms with Crippen LogP contribution in [0.25, 0.3) is 0 Å². The SMILES string of the molecule is COC1=C(SC2OC(COC(C)=O)C(OC(C)=O)C(OC(C)=O)C2OC(C)=O)C(=O)c2c(O)ccc(O)c2C1=O. The number of hydrogen-bond acceptors (Lipinski definition) is 15. The molecule has 1 aliphatic heterocycles. The molecule has 1 aromatic rings. The van der Waals surface area contributed by atoms with Crippen molar-refractivity contribution in [2.24, 2.45) is 0 Å². The highest BCUT2D eigenvalue weighted by Gasteiger charge is 2.53. The van der Waals surface area contributed by atoms with E-state index in [0.717, 1.165) is 46.9 Å². The van der Waals surface area contributed by atoms with Crippen molar-refractivity contribution in [2.45, 2.75) is 57.5 Å². The summed E-state index contributed by atoms with van der Waals surface area (Å²) in [6.45, 7) is 3.77. The van der Waals surface area contributed by atoms with Crippen LogP contribution in [0.4, 0.5) is 0 Å². The molecular formula is C25H26O14S. The lowest BCUT2D eigenvalue weighted by molar-refractivity contribution is -0.237. The Morgan fingerprint density at radius 1 is 0.800 bits per heavy atom. The number of thioether (sulfide) groups is 1. The van der Waals surface area contributed by atoms with E-state index in [9.17, 15) is 39.0 Å². The maximum Gasteiger partial charge on any atom is 0.303 e. The van der Waals surface area contributed by atoms with Gasteiger partial charge in [-0.3, -0.25) is 28.8 Å². The molecule has 2 N–H and O–H groups in total. The smallest absolute Gasteiger partial charge is 0.303 e. The second-order valence-corrected chi connectivity index (χ2v) is 9.67. The van der Waals surface area contributed by atoms with Gasteiger partial charge >= 0.3 is 23.9 Å². The number of carbonyl (C=O) groups is 6. The highest BCUT2D eigenvalue weighted by Crippen LogP contribution is 2.44. The van der Waals surface area contributed by atoms with E-state index in [2.05, 4.69) is 0 Å². The van der Waals surface area contributed by atoms with E-state index < -0.39 is 105 Å². The van der Waals surface area contributed by atoms with Crippen molar-refractivity contribution in [1.29, 1.82) is 0 Å². The van der Waals surface area contributed by atoms with Gasteiger partial charge in [-0.1, -0.05) is 11.8 Å². The standard InChI is InChI=1S/C25H26O14S/c1-9(26)35-8-15-20(36-10(2)27)22(37-11(3)28)23(38-12(4)29)25(39-15)40-24-19(33)17-14(31)7-6-13(30)16(17)18(32)21(24)34-5/h6-7,15,20,22-23,25,30-31H,8H2,1-5H3. The molecule has 0 bridgehead atoms. The quantitative estimate of drug-likeness (QED) is 0.251. The van der Waals surface area contributed by atoms with Gasteiger partial charge in [0.15, 0.2) is 24.1 Å². The normalized spacial score (nSPS) is 24.1. The Morgan fingerprint density at radius 3 is 1.80 bits per heavy atom. The molecule has 1 aromatic carbocycles. The molecule has 15 heteroatoms. The van der Waals surface area contributed by atoms with Gasteiger partial charge in [0, 0.05) is 27.7 Å². The van der Waals surface area contributed by atoms with Crippen molar-refractivity contribution in [3.05, 3.63) is 33.9 Å². The van der Waals surface area contributed by atoms with Gasteiger partial charge in [0.2, 0.25) is 11.6 Å². The number of carbonyl (C=O) groups excluding carboxylic acids is 6. The minimum absolute atomic E-state index is 0.401. The predicted octanol–water partition coefficient (Wildman–Crippen LogP) is 1.15. The molecule has 0 amide bonds. The van der Waals surface area contributed by atoms with E-state index in [-0.39, 0.29) is 0 Å². The highest BCUT2D eigenvalue weighted by molar-refractivity contribution is 8.04. The molecule has 2 aliphatic rings. The first kappa shape index (κ1) is 30.4. The zero-order chi connectivity index (χ0) is 29.9.